The Morgan fingerprint density at radius 2 is 1.22 bits per heavy atom. The molecule has 2 heteroatoms. The highest BCUT2D eigenvalue weighted by molar-refractivity contribution is 6.38. The van der Waals surface area contributed by atoms with Gasteiger partial charge in [-0.2, -0.15) is 0 Å². The van der Waals surface area contributed by atoms with E-state index >= 15 is 0 Å². The molecule has 0 saturated carbocycles. The third kappa shape index (κ3) is 1.77. The second-order valence-electron chi connectivity index (χ2n) is 7.07. The molecule has 0 aromatic heterocycles. The van der Waals surface area contributed by atoms with Gasteiger partial charge in [0.25, 0.3) is 0 Å². The van der Waals surface area contributed by atoms with Crippen molar-refractivity contribution in [1.82, 2.24) is 0 Å². The summed E-state index contributed by atoms with van der Waals surface area (Å²) in [4.78, 5) is 11.8. The minimum absolute atomic E-state index is 0.353. The molecule has 0 unspecified atom stereocenters. The second-order valence-corrected chi connectivity index (χ2v) is 7.07. The fraction of sp³-hybridized carbons (Fsp3) is 0. The minimum Gasteiger partial charge on any atom is -0.478 e. The summed E-state index contributed by atoms with van der Waals surface area (Å²) in [5.41, 5.74) is 0.353. The summed E-state index contributed by atoms with van der Waals surface area (Å²) in [6.07, 6.45) is 0. The number of hydrogen-bond acceptors (Lipinski definition) is 1. The third-order valence-corrected chi connectivity index (χ3v) is 5.72. The van der Waals surface area contributed by atoms with Crippen molar-refractivity contribution in [1.29, 1.82) is 0 Å². The van der Waals surface area contributed by atoms with Crippen molar-refractivity contribution in [3.8, 4) is 0 Å². The lowest BCUT2D eigenvalue weighted by atomic mass is 9.86. The zero-order chi connectivity index (χ0) is 18.1. The predicted molar refractivity (Wildman–Crippen MR) is 112 cm³/mol. The summed E-state index contributed by atoms with van der Waals surface area (Å²) < 4.78 is 0. The number of rotatable bonds is 1. The van der Waals surface area contributed by atoms with E-state index in [0.29, 0.717) is 5.56 Å². The highest BCUT2D eigenvalue weighted by Crippen LogP contribution is 2.43. The SMILES string of the molecule is O=C(O)c1ccc2c3cccc4cc5ccccc5c(c5cccc1c25)c43. The number of carbonyl (C=O) groups is 1. The molecule has 6 aromatic carbocycles. The smallest absolute Gasteiger partial charge is 0.336 e. The van der Waals surface area contributed by atoms with Gasteiger partial charge in [-0.05, 0) is 66.0 Å². The van der Waals surface area contributed by atoms with Crippen LogP contribution in [0.3, 0.4) is 0 Å². The quantitative estimate of drug-likeness (QED) is 0.269. The summed E-state index contributed by atoms with van der Waals surface area (Å²) in [6.45, 7) is 0. The maximum atomic E-state index is 11.8. The highest BCUT2D eigenvalue weighted by atomic mass is 16.4. The maximum absolute atomic E-state index is 11.8. The van der Waals surface area contributed by atoms with Crippen LogP contribution in [0.4, 0.5) is 0 Å². The first-order chi connectivity index (χ1) is 13.2. The predicted octanol–water partition coefficient (Wildman–Crippen LogP) is 6.59. The van der Waals surface area contributed by atoms with Gasteiger partial charge in [0.15, 0.2) is 0 Å². The van der Waals surface area contributed by atoms with Crippen LogP contribution in [0.25, 0.3) is 53.9 Å². The topological polar surface area (TPSA) is 37.3 Å². The van der Waals surface area contributed by atoms with Gasteiger partial charge in [-0.25, -0.2) is 4.79 Å². The van der Waals surface area contributed by atoms with Crippen molar-refractivity contribution in [2.75, 3.05) is 0 Å². The average Bonchev–Trinajstić information content (AvgIpc) is 2.70. The van der Waals surface area contributed by atoms with Crippen molar-refractivity contribution in [2.24, 2.45) is 0 Å². The van der Waals surface area contributed by atoms with Gasteiger partial charge in [0.2, 0.25) is 0 Å². The molecule has 6 rings (SSSR count). The Bertz CT molecular complexity index is 1540. The molecule has 27 heavy (non-hydrogen) atoms. The second kappa shape index (κ2) is 4.95. The Labute approximate surface area is 154 Å². The van der Waals surface area contributed by atoms with Crippen LogP contribution < -0.4 is 0 Å². The molecule has 0 bridgehead atoms. The molecule has 0 amide bonds. The first kappa shape index (κ1) is 14.5. The van der Waals surface area contributed by atoms with Crippen molar-refractivity contribution in [3.63, 3.8) is 0 Å². The number of hydrogen-bond donors (Lipinski definition) is 1. The van der Waals surface area contributed by atoms with E-state index in [4.69, 9.17) is 0 Å². The monoisotopic (exact) mass is 346 g/mol. The van der Waals surface area contributed by atoms with E-state index in [-0.39, 0.29) is 0 Å². The van der Waals surface area contributed by atoms with E-state index in [1.165, 1.54) is 32.3 Å². The molecule has 0 aliphatic heterocycles. The third-order valence-electron chi connectivity index (χ3n) is 5.72. The van der Waals surface area contributed by atoms with Crippen LogP contribution in [0.1, 0.15) is 10.4 Å². The molecule has 0 spiro atoms. The van der Waals surface area contributed by atoms with Crippen molar-refractivity contribution in [2.45, 2.75) is 0 Å². The molecule has 0 atom stereocenters. The fourth-order valence-electron chi connectivity index (χ4n) is 4.65. The molecular weight excluding hydrogens is 332 g/mol. The molecule has 0 radical (unpaired) electrons. The molecule has 2 nitrogen and oxygen atoms in total. The summed E-state index contributed by atoms with van der Waals surface area (Å²) in [7, 11) is 0. The van der Waals surface area contributed by atoms with E-state index in [0.717, 1.165) is 21.5 Å². The zero-order valence-corrected chi connectivity index (χ0v) is 14.4. The Balaban J connectivity index is 2.06. The number of aromatic carboxylic acids is 1. The van der Waals surface area contributed by atoms with Crippen LogP contribution in [0.2, 0.25) is 0 Å². The normalized spacial score (nSPS) is 12.0. The van der Waals surface area contributed by atoms with Crippen LogP contribution in [-0.4, -0.2) is 11.1 Å². The number of benzene rings is 6. The van der Waals surface area contributed by atoms with Crippen LogP contribution >= 0.6 is 0 Å². The maximum Gasteiger partial charge on any atom is 0.336 e. The van der Waals surface area contributed by atoms with E-state index in [1.54, 1.807) is 6.07 Å². The highest BCUT2D eigenvalue weighted by Gasteiger charge is 2.18. The van der Waals surface area contributed by atoms with Crippen molar-refractivity contribution < 1.29 is 9.90 Å². The largest absolute Gasteiger partial charge is 0.478 e. The number of carboxylic acids is 1. The Morgan fingerprint density at radius 3 is 2.11 bits per heavy atom. The van der Waals surface area contributed by atoms with Crippen LogP contribution in [-0.2, 0) is 0 Å². The Kier molecular flexibility index (Phi) is 2.66. The minimum atomic E-state index is -0.888. The zero-order valence-electron chi connectivity index (χ0n) is 14.4. The number of carboxylic acid groups (broad SMARTS) is 1. The number of fused-ring (bicyclic) bond motifs is 4. The molecule has 0 heterocycles. The first-order valence-corrected chi connectivity index (χ1v) is 8.98. The van der Waals surface area contributed by atoms with Crippen molar-refractivity contribution in [3.05, 3.63) is 84.4 Å². The van der Waals surface area contributed by atoms with Gasteiger partial charge in [-0.1, -0.05) is 66.7 Å². The van der Waals surface area contributed by atoms with E-state index in [1.807, 2.05) is 18.2 Å². The molecular formula is C25H14O2. The summed E-state index contributed by atoms with van der Waals surface area (Å²) in [5, 5.41) is 21.0. The van der Waals surface area contributed by atoms with E-state index in [2.05, 4.69) is 54.6 Å². The molecule has 0 fully saturated rings. The van der Waals surface area contributed by atoms with Crippen LogP contribution in [0, 0.1) is 0 Å². The Morgan fingerprint density at radius 1 is 0.556 bits per heavy atom. The van der Waals surface area contributed by atoms with Gasteiger partial charge in [-0.3, -0.25) is 0 Å². The molecule has 126 valence electrons. The summed E-state index contributed by atoms with van der Waals surface area (Å²) in [5.74, 6) is -0.888. The van der Waals surface area contributed by atoms with Gasteiger partial charge in [-0.15, -0.1) is 0 Å². The van der Waals surface area contributed by atoms with E-state index in [9.17, 15) is 9.90 Å². The lowest BCUT2D eigenvalue weighted by molar-refractivity contribution is 0.0699. The molecule has 0 saturated heterocycles. The first-order valence-electron chi connectivity index (χ1n) is 8.98. The lowest BCUT2D eigenvalue weighted by Gasteiger charge is -2.17. The van der Waals surface area contributed by atoms with Gasteiger partial charge in [0.05, 0.1) is 5.56 Å². The summed E-state index contributed by atoms with van der Waals surface area (Å²) >= 11 is 0. The molecule has 1 N–H and O–H groups in total. The molecule has 6 aromatic rings. The van der Waals surface area contributed by atoms with Crippen molar-refractivity contribution >= 4 is 59.8 Å². The lowest BCUT2D eigenvalue weighted by Crippen LogP contribution is -1.98. The van der Waals surface area contributed by atoms with Crippen LogP contribution in [0.15, 0.2) is 78.9 Å². The van der Waals surface area contributed by atoms with Gasteiger partial charge < -0.3 is 5.11 Å². The van der Waals surface area contributed by atoms with Gasteiger partial charge in [0, 0.05) is 0 Å². The molecule has 0 aliphatic carbocycles. The average molecular weight is 346 g/mol. The van der Waals surface area contributed by atoms with Gasteiger partial charge in [0.1, 0.15) is 0 Å². The van der Waals surface area contributed by atoms with E-state index < -0.39 is 5.97 Å². The molecule has 0 aliphatic rings. The summed E-state index contributed by atoms with van der Waals surface area (Å²) in [6, 6.07) is 26.8. The van der Waals surface area contributed by atoms with Crippen LogP contribution in [0.5, 0.6) is 0 Å². The van der Waals surface area contributed by atoms with Gasteiger partial charge >= 0.3 is 5.97 Å². The Hall–Kier alpha value is -3.65. The standard InChI is InChI=1S/C25H14O2/c26-25(27)20-12-11-19-17-8-3-6-15-13-14-5-1-2-7-16(14)24(22(15)17)21-10-4-9-18(20)23(19)21/h1-13H,(H,26,27). The fourth-order valence-corrected chi connectivity index (χ4v) is 4.65.